The van der Waals surface area contributed by atoms with Crippen LogP contribution in [-0.2, 0) is 26.5 Å². The first kappa shape index (κ1) is 37.2. The van der Waals surface area contributed by atoms with Crippen LogP contribution in [0.3, 0.4) is 0 Å². The van der Waals surface area contributed by atoms with Crippen LogP contribution in [0.25, 0.3) is 75.0 Å². The van der Waals surface area contributed by atoms with Gasteiger partial charge in [-0.1, -0.05) is 119 Å². The fourth-order valence-electron chi connectivity index (χ4n) is 7.76. The average Bonchev–Trinajstić information content (AvgIpc) is 3.64. The molecule has 0 aliphatic rings. The molecule has 1 radical (unpaired) electrons. The van der Waals surface area contributed by atoms with Gasteiger partial charge in [-0.3, -0.25) is 4.98 Å². The van der Waals surface area contributed by atoms with Gasteiger partial charge in [-0.25, -0.2) is 4.39 Å². The SMILES string of the molecule is Cc1cc(-c2[c-]cccc2)nc[c]1[Ge]([CH3])([CH3])[CH3].[2H]C([2H])(c1ccc2ccccc2c1)c1cc(-c2[c-]c3ccccc3c3c2sc2c4ccc(C)cc4ccc23)ncc1F.[Ir]. The molecular formula is C52H41FGeIrN2S-2. The fraction of sp³-hybridized carbons (Fsp3) is 0.115. The summed E-state index contributed by atoms with van der Waals surface area (Å²) in [7, 11) is 0. The molecule has 0 saturated carbocycles. The summed E-state index contributed by atoms with van der Waals surface area (Å²) >= 11 is -0.0827. The van der Waals surface area contributed by atoms with Crippen molar-refractivity contribution in [1.82, 2.24) is 9.97 Å². The van der Waals surface area contributed by atoms with Crippen LogP contribution in [0.2, 0.25) is 17.3 Å². The molecule has 0 fully saturated rings. The van der Waals surface area contributed by atoms with Crippen LogP contribution >= 0.6 is 11.3 Å². The monoisotopic (exact) mass is 1010 g/mol. The van der Waals surface area contributed by atoms with Crippen LogP contribution in [0.1, 0.15) is 25.0 Å². The van der Waals surface area contributed by atoms with E-state index in [0.717, 1.165) is 60.0 Å². The molecule has 6 heteroatoms. The zero-order valence-corrected chi connectivity index (χ0v) is 38.2. The van der Waals surface area contributed by atoms with E-state index < -0.39 is 25.5 Å². The standard InChI is InChI=1S/C37H23FNS.C15H18GeN.Ir/c1-22-10-14-30-27(16-22)13-15-31-35-29-9-5-4-8-26(29)19-32(37(35)40-36(30)31)34-20-28(33(38)21-39-34)18-23-11-12-24-6-2-3-7-25(24)17-23;1-12-10-15(13-8-6-5-7-9-13)17-11-14(12)16(2,3)4;/h2-17,20-21H,18H2,1H3;5-8,10-11H,1-4H3;/q2*-1;/i18D2;;. The van der Waals surface area contributed by atoms with Crippen LogP contribution in [0.5, 0.6) is 0 Å². The van der Waals surface area contributed by atoms with E-state index in [1.165, 1.54) is 31.0 Å². The Labute approximate surface area is 362 Å². The van der Waals surface area contributed by atoms with E-state index in [2.05, 4.69) is 108 Å². The first-order chi connectivity index (χ1) is 28.4. The third kappa shape index (κ3) is 7.77. The molecule has 0 aliphatic carbocycles. The fourth-order valence-corrected chi connectivity index (χ4v) is 12.7. The van der Waals surface area contributed by atoms with Gasteiger partial charge in [-0.2, -0.15) is 11.3 Å². The second kappa shape index (κ2) is 16.3. The number of pyridine rings is 2. The topological polar surface area (TPSA) is 25.8 Å². The summed E-state index contributed by atoms with van der Waals surface area (Å²) in [6, 6.07) is 50.8. The van der Waals surface area contributed by atoms with Gasteiger partial charge in [-0.05, 0) is 56.1 Å². The molecule has 58 heavy (non-hydrogen) atoms. The molecule has 287 valence electrons. The summed E-state index contributed by atoms with van der Waals surface area (Å²) in [5.41, 5.74) is 6.29. The van der Waals surface area contributed by atoms with Crippen LogP contribution in [0.15, 0.2) is 146 Å². The minimum absolute atomic E-state index is 0. The van der Waals surface area contributed by atoms with Crippen molar-refractivity contribution in [2.45, 2.75) is 37.5 Å². The molecule has 3 heterocycles. The van der Waals surface area contributed by atoms with Crippen molar-refractivity contribution in [1.29, 1.82) is 0 Å². The number of aryl methyl sites for hydroxylation is 2. The molecule has 0 amide bonds. The molecule has 10 aromatic rings. The maximum Gasteiger partial charge on any atom is 0.143 e. The van der Waals surface area contributed by atoms with Crippen molar-refractivity contribution < 1.29 is 27.2 Å². The Morgan fingerprint density at radius 3 is 2.22 bits per heavy atom. The van der Waals surface area contributed by atoms with Crippen molar-refractivity contribution in [3.63, 3.8) is 0 Å². The molecule has 0 unspecified atom stereocenters. The summed E-state index contributed by atoms with van der Waals surface area (Å²) in [5.74, 6) is 6.53. The van der Waals surface area contributed by atoms with Crippen molar-refractivity contribution >= 4 is 81.5 Å². The van der Waals surface area contributed by atoms with Gasteiger partial charge in [0.1, 0.15) is 5.82 Å². The van der Waals surface area contributed by atoms with Crippen molar-refractivity contribution in [3.05, 3.63) is 186 Å². The second-order valence-electron chi connectivity index (χ2n) is 15.7. The summed E-state index contributed by atoms with van der Waals surface area (Å²) in [4.78, 5) is 9.09. The molecule has 2 nitrogen and oxygen atoms in total. The maximum atomic E-state index is 15.4. The van der Waals surface area contributed by atoms with E-state index in [0.29, 0.717) is 11.3 Å². The number of benzene rings is 7. The number of hydrogen-bond acceptors (Lipinski definition) is 3. The van der Waals surface area contributed by atoms with E-state index in [-0.39, 0.29) is 25.7 Å². The number of aromatic nitrogens is 2. The first-order valence-corrected chi connectivity index (χ1v) is 27.3. The van der Waals surface area contributed by atoms with Crippen LogP contribution in [-0.4, -0.2) is 23.2 Å². The normalized spacial score (nSPS) is 12.3. The number of fused-ring (bicyclic) bond motifs is 8. The Hall–Kier alpha value is -5.04. The van der Waals surface area contributed by atoms with E-state index in [1.807, 2.05) is 66.7 Å². The predicted molar refractivity (Wildman–Crippen MR) is 244 cm³/mol. The zero-order valence-electron chi connectivity index (χ0n) is 34.9. The molecule has 7 aromatic carbocycles. The van der Waals surface area contributed by atoms with E-state index >= 15 is 4.39 Å². The third-order valence-electron chi connectivity index (χ3n) is 10.6. The summed E-state index contributed by atoms with van der Waals surface area (Å²) in [5, 5.41) is 8.61. The summed E-state index contributed by atoms with van der Waals surface area (Å²) in [6.07, 6.45) is 1.14. The van der Waals surface area contributed by atoms with Gasteiger partial charge in [0, 0.05) is 33.2 Å². The molecular weight excluding hydrogens is 968 g/mol. The number of hydrogen-bond donors (Lipinski definition) is 0. The van der Waals surface area contributed by atoms with E-state index in [9.17, 15) is 0 Å². The number of nitrogens with zero attached hydrogens (tertiary/aromatic N) is 2. The molecule has 0 aliphatic heterocycles. The van der Waals surface area contributed by atoms with Gasteiger partial charge in [0.05, 0.1) is 6.20 Å². The van der Waals surface area contributed by atoms with Crippen LogP contribution < -0.4 is 4.40 Å². The largest absolute Gasteiger partial charge is 0.292 e. The van der Waals surface area contributed by atoms with Gasteiger partial charge in [0.25, 0.3) is 0 Å². The Morgan fingerprint density at radius 2 is 1.43 bits per heavy atom. The number of rotatable bonds is 5. The summed E-state index contributed by atoms with van der Waals surface area (Å²) < 4.78 is 37.2. The minimum atomic E-state index is -2.07. The van der Waals surface area contributed by atoms with Gasteiger partial charge >= 0.3 is 106 Å². The predicted octanol–water partition coefficient (Wildman–Crippen LogP) is 13.8. The Kier molecular flexibility index (Phi) is 10.5. The molecule has 10 rings (SSSR count). The quantitative estimate of drug-likeness (QED) is 0.127. The minimum Gasteiger partial charge on any atom is -0.292 e. The Morgan fingerprint density at radius 1 is 0.690 bits per heavy atom. The first-order valence-electron chi connectivity index (χ1n) is 20.2. The number of halogens is 1. The Bertz CT molecular complexity index is 3230. The van der Waals surface area contributed by atoms with Gasteiger partial charge in [0.15, 0.2) is 0 Å². The zero-order chi connectivity index (χ0) is 41.1. The van der Waals surface area contributed by atoms with Crippen LogP contribution in [0.4, 0.5) is 4.39 Å². The summed E-state index contributed by atoms with van der Waals surface area (Å²) in [6.45, 7) is 4.30. The van der Waals surface area contributed by atoms with Crippen LogP contribution in [0, 0.1) is 31.8 Å². The molecule has 0 N–H and O–H groups in total. The number of thiophene rings is 1. The van der Waals surface area contributed by atoms with Gasteiger partial charge in [0.2, 0.25) is 0 Å². The van der Waals surface area contributed by atoms with Crippen molar-refractivity contribution in [3.8, 4) is 22.5 Å². The van der Waals surface area contributed by atoms with Crippen molar-refractivity contribution in [2.75, 3.05) is 0 Å². The molecule has 0 atom stereocenters. The second-order valence-corrected chi connectivity index (χ2v) is 27.3. The average molecular weight is 1010 g/mol. The van der Waals surface area contributed by atoms with Gasteiger partial charge < -0.3 is 0 Å². The molecule has 0 spiro atoms. The van der Waals surface area contributed by atoms with Gasteiger partial charge in [-0.15, -0.1) is 17.5 Å². The molecule has 3 aromatic heterocycles. The van der Waals surface area contributed by atoms with Crippen molar-refractivity contribution in [2.24, 2.45) is 0 Å². The molecule has 0 bridgehead atoms. The Balaban J connectivity index is 0.000000234. The van der Waals surface area contributed by atoms with E-state index in [4.69, 9.17) is 2.74 Å². The third-order valence-corrected chi connectivity index (χ3v) is 16.3. The smallest absolute Gasteiger partial charge is 0.143 e. The maximum absolute atomic E-state index is 15.4. The van der Waals surface area contributed by atoms with E-state index in [1.54, 1.807) is 29.5 Å². The molecule has 0 saturated heterocycles.